The Balaban J connectivity index is 1.68. The molecule has 134 valence electrons. The van der Waals surface area contributed by atoms with Crippen LogP contribution in [0.3, 0.4) is 0 Å². The van der Waals surface area contributed by atoms with E-state index in [0.717, 1.165) is 4.90 Å². The van der Waals surface area contributed by atoms with Crippen LogP contribution in [0.4, 0.5) is 5.69 Å². The van der Waals surface area contributed by atoms with Gasteiger partial charge in [0.15, 0.2) is 0 Å². The van der Waals surface area contributed by atoms with Crippen molar-refractivity contribution in [1.82, 2.24) is 9.80 Å². The van der Waals surface area contributed by atoms with Crippen molar-refractivity contribution >= 4 is 35.2 Å². The lowest BCUT2D eigenvalue weighted by Crippen LogP contribution is -2.51. The highest BCUT2D eigenvalue weighted by Gasteiger charge is 2.28. The van der Waals surface area contributed by atoms with Gasteiger partial charge in [0, 0.05) is 42.6 Å². The predicted octanol–water partition coefficient (Wildman–Crippen LogP) is 2.06. The summed E-state index contributed by atoms with van der Waals surface area (Å²) in [4.78, 5) is 41.2. The number of benzene rings is 1. The van der Waals surface area contributed by atoms with Gasteiger partial charge in [-0.1, -0.05) is 13.8 Å². The molecule has 0 spiro atoms. The molecular formula is C18H23N3O3S. The molecule has 0 aromatic heterocycles. The van der Waals surface area contributed by atoms with Crippen LogP contribution < -0.4 is 5.32 Å². The van der Waals surface area contributed by atoms with Gasteiger partial charge >= 0.3 is 0 Å². The molecule has 0 radical (unpaired) electrons. The Morgan fingerprint density at radius 2 is 1.80 bits per heavy atom. The molecule has 2 aliphatic heterocycles. The van der Waals surface area contributed by atoms with Gasteiger partial charge in [-0.15, -0.1) is 11.8 Å². The smallest absolute Gasteiger partial charge is 0.254 e. The van der Waals surface area contributed by atoms with Crippen molar-refractivity contribution in [2.24, 2.45) is 5.92 Å². The van der Waals surface area contributed by atoms with Crippen LogP contribution in [-0.2, 0) is 9.59 Å². The fourth-order valence-electron chi connectivity index (χ4n) is 3.02. The van der Waals surface area contributed by atoms with Crippen molar-refractivity contribution in [3.8, 4) is 0 Å². The number of thioether (sulfide) groups is 1. The lowest BCUT2D eigenvalue weighted by Gasteiger charge is -2.35. The van der Waals surface area contributed by atoms with Crippen molar-refractivity contribution in [1.29, 1.82) is 0 Å². The minimum Gasteiger partial charge on any atom is -0.339 e. The zero-order valence-electron chi connectivity index (χ0n) is 14.7. The molecule has 2 heterocycles. The molecule has 2 aliphatic rings. The molecule has 3 amide bonds. The maximum Gasteiger partial charge on any atom is 0.254 e. The first kappa shape index (κ1) is 17.8. The zero-order chi connectivity index (χ0) is 18.1. The van der Waals surface area contributed by atoms with E-state index in [1.165, 1.54) is 11.8 Å². The van der Waals surface area contributed by atoms with Crippen molar-refractivity contribution in [3.63, 3.8) is 0 Å². The quantitative estimate of drug-likeness (QED) is 0.875. The summed E-state index contributed by atoms with van der Waals surface area (Å²) >= 11 is 1.50. The first-order valence-corrected chi connectivity index (χ1v) is 9.44. The Hall–Kier alpha value is -2.02. The molecule has 25 heavy (non-hydrogen) atoms. The van der Waals surface area contributed by atoms with Crippen LogP contribution in [-0.4, -0.2) is 59.0 Å². The fraction of sp³-hybridized carbons (Fsp3) is 0.500. The highest BCUT2D eigenvalue weighted by atomic mass is 32.2. The fourth-order valence-corrected chi connectivity index (χ4v) is 3.95. The van der Waals surface area contributed by atoms with Crippen molar-refractivity contribution < 1.29 is 14.4 Å². The second-order valence-electron chi connectivity index (χ2n) is 6.73. The van der Waals surface area contributed by atoms with Crippen molar-refractivity contribution in [2.75, 3.05) is 31.5 Å². The van der Waals surface area contributed by atoms with E-state index >= 15 is 0 Å². The van der Waals surface area contributed by atoms with E-state index in [-0.39, 0.29) is 28.9 Å². The maximum absolute atomic E-state index is 12.7. The molecule has 1 unspecified atom stereocenters. The topological polar surface area (TPSA) is 69.7 Å². The third-order valence-corrected chi connectivity index (χ3v) is 5.71. The van der Waals surface area contributed by atoms with Gasteiger partial charge in [-0.05, 0) is 25.1 Å². The number of amides is 3. The number of piperazine rings is 1. The van der Waals surface area contributed by atoms with E-state index in [4.69, 9.17) is 0 Å². The van der Waals surface area contributed by atoms with E-state index in [9.17, 15) is 14.4 Å². The molecule has 1 N–H and O–H groups in total. The molecule has 1 saturated heterocycles. The second kappa shape index (κ2) is 7.07. The third kappa shape index (κ3) is 3.66. The molecule has 7 heteroatoms. The minimum atomic E-state index is -0.124. The molecule has 0 bridgehead atoms. The van der Waals surface area contributed by atoms with E-state index in [1.807, 2.05) is 37.8 Å². The summed E-state index contributed by atoms with van der Waals surface area (Å²) in [5, 5.41) is 2.73. The number of rotatable bonds is 2. The molecule has 6 nitrogen and oxygen atoms in total. The number of anilines is 1. The highest BCUT2D eigenvalue weighted by molar-refractivity contribution is 8.00. The van der Waals surface area contributed by atoms with Crippen LogP contribution >= 0.6 is 11.8 Å². The molecule has 0 saturated carbocycles. The van der Waals surface area contributed by atoms with Crippen LogP contribution in [0.25, 0.3) is 0 Å². The number of hydrogen-bond donors (Lipinski definition) is 1. The number of fused-ring (bicyclic) bond motifs is 1. The highest BCUT2D eigenvalue weighted by Crippen LogP contribution is 2.36. The number of carbonyl (C=O) groups is 3. The molecular weight excluding hydrogens is 338 g/mol. The summed E-state index contributed by atoms with van der Waals surface area (Å²) in [6, 6.07) is 5.45. The van der Waals surface area contributed by atoms with Gasteiger partial charge in [-0.25, -0.2) is 0 Å². The molecule has 3 rings (SSSR count). The first-order valence-electron chi connectivity index (χ1n) is 8.56. The molecule has 1 fully saturated rings. The lowest BCUT2D eigenvalue weighted by atomic mass is 10.1. The summed E-state index contributed by atoms with van der Waals surface area (Å²) in [6.45, 7) is 7.84. The van der Waals surface area contributed by atoms with E-state index in [2.05, 4.69) is 5.32 Å². The molecule has 0 aliphatic carbocycles. The van der Waals surface area contributed by atoms with E-state index in [1.54, 1.807) is 11.0 Å². The third-order valence-electron chi connectivity index (χ3n) is 4.53. The average molecular weight is 361 g/mol. The monoisotopic (exact) mass is 361 g/mol. The van der Waals surface area contributed by atoms with E-state index < -0.39 is 0 Å². The molecule has 1 atom stereocenters. The Labute approximate surface area is 151 Å². The standard InChI is InChI=1S/C18H23N3O3S/c1-11(2)17(23)20-6-8-21(9-7-20)18(24)13-4-5-15-14(10-13)19-16(22)12(3)25-15/h4-5,10-12H,6-9H2,1-3H3,(H,19,22). The summed E-state index contributed by atoms with van der Waals surface area (Å²) < 4.78 is 0. The van der Waals surface area contributed by atoms with Crippen LogP contribution in [0.5, 0.6) is 0 Å². The predicted molar refractivity (Wildman–Crippen MR) is 97.7 cm³/mol. The normalized spacial score (nSPS) is 20.3. The summed E-state index contributed by atoms with van der Waals surface area (Å²) in [5.41, 5.74) is 1.27. The van der Waals surface area contributed by atoms with Crippen molar-refractivity contribution in [3.05, 3.63) is 23.8 Å². The SMILES string of the molecule is CC(C)C(=O)N1CCN(C(=O)c2ccc3c(c2)NC(=O)C(C)S3)CC1. The Bertz CT molecular complexity index is 712. The summed E-state index contributed by atoms with van der Waals surface area (Å²) in [5.74, 6) is 0.0152. The van der Waals surface area contributed by atoms with Gasteiger partial charge in [0.1, 0.15) is 0 Å². The van der Waals surface area contributed by atoms with Gasteiger partial charge in [0.25, 0.3) is 5.91 Å². The number of carbonyl (C=O) groups excluding carboxylic acids is 3. The first-order chi connectivity index (χ1) is 11.9. The number of nitrogens with zero attached hydrogens (tertiary/aromatic N) is 2. The Kier molecular flexibility index (Phi) is 5.03. The maximum atomic E-state index is 12.7. The second-order valence-corrected chi connectivity index (χ2v) is 8.12. The van der Waals surface area contributed by atoms with Gasteiger partial charge < -0.3 is 15.1 Å². The van der Waals surface area contributed by atoms with Crippen LogP contribution in [0.1, 0.15) is 31.1 Å². The minimum absolute atomic E-state index is 0.0219. The Morgan fingerprint density at radius 3 is 2.44 bits per heavy atom. The lowest BCUT2D eigenvalue weighted by molar-refractivity contribution is -0.135. The average Bonchev–Trinajstić information content (AvgIpc) is 2.61. The zero-order valence-corrected chi connectivity index (χ0v) is 15.6. The summed E-state index contributed by atoms with van der Waals surface area (Å²) in [6.07, 6.45) is 0. The summed E-state index contributed by atoms with van der Waals surface area (Å²) in [7, 11) is 0. The Morgan fingerprint density at radius 1 is 1.16 bits per heavy atom. The molecule has 1 aromatic rings. The van der Waals surface area contributed by atoms with Gasteiger partial charge in [0.05, 0.1) is 10.9 Å². The van der Waals surface area contributed by atoms with Crippen LogP contribution in [0, 0.1) is 5.92 Å². The molecule has 1 aromatic carbocycles. The van der Waals surface area contributed by atoms with Crippen LogP contribution in [0.15, 0.2) is 23.1 Å². The van der Waals surface area contributed by atoms with Gasteiger partial charge in [-0.2, -0.15) is 0 Å². The van der Waals surface area contributed by atoms with E-state index in [0.29, 0.717) is 37.4 Å². The van der Waals surface area contributed by atoms with Gasteiger partial charge in [-0.3, -0.25) is 14.4 Å². The number of hydrogen-bond acceptors (Lipinski definition) is 4. The van der Waals surface area contributed by atoms with Crippen LogP contribution in [0.2, 0.25) is 0 Å². The number of nitrogens with one attached hydrogen (secondary N) is 1. The largest absolute Gasteiger partial charge is 0.339 e. The van der Waals surface area contributed by atoms with Crippen molar-refractivity contribution in [2.45, 2.75) is 30.9 Å². The van der Waals surface area contributed by atoms with Gasteiger partial charge in [0.2, 0.25) is 11.8 Å².